The second-order valence-corrected chi connectivity index (χ2v) is 5.76. The van der Waals surface area contributed by atoms with Crippen LogP contribution in [0.1, 0.15) is 54.9 Å². The first-order valence-electron chi connectivity index (χ1n) is 7.16. The largest absolute Gasteiger partial charge is 0.349 e. The van der Waals surface area contributed by atoms with E-state index in [2.05, 4.69) is 12.2 Å². The summed E-state index contributed by atoms with van der Waals surface area (Å²) in [5.74, 6) is 1.10. The number of rotatable bonds is 4. The molecule has 1 amide bonds. The van der Waals surface area contributed by atoms with Crippen LogP contribution in [-0.2, 0) is 5.88 Å². The molecular weight excluding hydrogens is 258 g/mol. The number of amides is 1. The Labute approximate surface area is 120 Å². The van der Waals surface area contributed by atoms with Gasteiger partial charge >= 0.3 is 0 Å². The van der Waals surface area contributed by atoms with Gasteiger partial charge in [-0.15, -0.1) is 11.6 Å². The van der Waals surface area contributed by atoms with Crippen LogP contribution < -0.4 is 5.32 Å². The van der Waals surface area contributed by atoms with Crippen molar-refractivity contribution in [2.45, 2.75) is 50.9 Å². The summed E-state index contributed by atoms with van der Waals surface area (Å²) in [5.41, 5.74) is 1.69. The van der Waals surface area contributed by atoms with Crippen LogP contribution in [0.3, 0.4) is 0 Å². The molecule has 1 aliphatic carbocycles. The van der Waals surface area contributed by atoms with E-state index in [9.17, 15) is 4.79 Å². The Morgan fingerprint density at radius 1 is 1.37 bits per heavy atom. The van der Waals surface area contributed by atoms with E-state index >= 15 is 0 Å². The first-order chi connectivity index (χ1) is 9.20. The first kappa shape index (κ1) is 14.4. The number of benzene rings is 1. The molecule has 1 saturated carbocycles. The van der Waals surface area contributed by atoms with E-state index in [1.807, 2.05) is 24.3 Å². The Morgan fingerprint density at radius 3 is 2.79 bits per heavy atom. The highest BCUT2D eigenvalue weighted by Gasteiger charge is 2.21. The van der Waals surface area contributed by atoms with Gasteiger partial charge in [-0.1, -0.05) is 31.4 Å². The van der Waals surface area contributed by atoms with Gasteiger partial charge in [0.15, 0.2) is 0 Å². The predicted molar refractivity (Wildman–Crippen MR) is 79.5 cm³/mol. The van der Waals surface area contributed by atoms with E-state index in [4.69, 9.17) is 11.6 Å². The summed E-state index contributed by atoms with van der Waals surface area (Å²) in [6, 6.07) is 7.80. The fourth-order valence-corrected chi connectivity index (χ4v) is 3.00. The van der Waals surface area contributed by atoms with Crippen LogP contribution in [0.25, 0.3) is 0 Å². The minimum Gasteiger partial charge on any atom is -0.349 e. The summed E-state index contributed by atoms with van der Waals surface area (Å²) >= 11 is 5.80. The van der Waals surface area contributed by atoms with Gasteiger partial charge < -0.3 is 5.32 Å². The summed E-state index contributed by atoms with van der Waals surface area (Å²) in [7, 11) is 0. The van der Waals surface area contributed by atoms with Crippen molar-refractivity contribution in [1.29, 1.82) is 0 Å². The van der Waals surface area contributed by atoms with E-state index in [0.717, 1.165) is 5.56 Å². The quantitative estimate of drug-likeness (QED) is 0.825. The molecule has 1 aliphatic rings. The highest BCUT2D eigenvalue weighted by atomic mass is 35.5. The second-order valence-electron chi connectivity index (χ2n) is 5.49. The van der Waals surface area contributed by atoms with Crippen molar-refractivity contribution in [3.05, 3.63) is 35.4 Å². The number of carbonyl (C=O) groups excluding carboxylic acids is 1. The number of hydrogen-bond donors (Lipinski definition) is 1. The summed E-state index contributed by atoms with van der Waals surface area (Å²) in [6.07, 6.45) is 6.42. The monoisotopic (exact) mass is 279 g/mol. The van der Waals surface area contributed by atoms with Gasteiger partial charge in [0.1, 0.15) is 0 Å². The highest BCUT2D eigenvalue weighted by Crippen LogP contribution is 2.26. The van der Waals surface area contributed by atoms with Gasteiger partial charge in [0.2, 0.25) is 0 Å². The molecule has 104 valence electrons. The molecule has 0 radical (unpaired) electrons. The number of alkyl halides is 1. The summed E-state index contributed by atoms with van der Waals surface area (Å²) < 4.78 is 0. The van der Waals surface area contributed by atoms with Gasteiger partial charge in [-0.25, -0.2) is 0 Å². The Hall–Kier alpha value is -1.02. The topological polar surface area (TPSA) is 29.1 Å². The Morgan fingerprint density at radius 2 is 2.11 bits per heavy atom. The van der Waals surface area contributed by atoms with Crippen LogP contribution in [0, 0.1) is 5.92 Å². The molecule has 0 heterocycles. The molecule has 0 spiro atoms. The molecule has 3 heteroatoms. The van der Waals surface area contributed by atoms with E-state index in [-0.39, 0.29) is 11.9 Å². The van der Waals surface area contributed by atoms with Gasteiger partial charge in [-0.3, -0.25) is 4.79 Å². The summed E-state index contributed by atoms with van der Waals surface area (Å²) in [6.45, 7) is 2.12. The molecule has 1 N–H and O–H groups in total. The number of halogens is 1. The lowest BCUT2D eigenvalue weighted by Gasteiger charge is -2.28. The predicted octanol–water partition coefficient (Wildman–Crippen LogP) is 4.12. The maximum Gasteiger partial charge on any atom is 0.251 e. The maximum atomic E-state index is 12.2. The van der Waals surface area contributed by atoms with Crippen molar-refractivity contribution in [3.63, 3.8) is 0 Å². The van der Waals surface area contributed by atoms with E-state index in [0.29, 0.717) is 17.4 Å². The maximum absolute atomic E-state index is 12.2. The average Bonchev–Trinajstić information content (AvgIpc) is 2.48. The fourth-order valence-electron chi connectivity index (χ4n) is 2.84. The van der Waals surface area contributed by atoms with Crippen molar-refractivity contribution in [1.82, 2.24) is 5.32 Å². The zero-order chi connectivity index (χ0) is 13.7. The average molecular weight is 280 g/mol. The molecule has 2 rings (SSSR count). The van der Waals surface area contributed by atoms with Crippen molar-refractivity contribution in [2.75, 3.05) is 0 Å². The van der Waals surface area contributed by atoms with E-state index in [1.54, 1.807) is 0 Å². The summed E-state index contributed by atoms with van der Waals surface area (Å²) in [4.78, 5) is 12.2. The summed E-state index contributed by atoms with van der Waals surface area (Å²) in [5, 5.41) is 3.14. The third-order valence-corrected chi connectivity index (χ3v) is 4.37. The van der Waals surface area contributed by atoms with Crippen molar-refractivity contribution in [2.24, 2.45) is 5.92 Å². The molecule has 1 aromatic carbocycles. The van der Waals surface area contributed by atoms with Crippen LogP contribution in [0.4, 0.5) is 0 Å². The molecule has 0 aromatic heterocycles. The minimum absolute atomic E-state index is 0.0186. The highest BCUT2D eigenvalue weighted by molar-refractivity contribution is 6.17. The Kier molecular flexibility index (Phi) is 5.26. The fraction of sp³-hybridized carbons (Fsp3) is 0.562. The third-order valence-electron chi connectivity index (χ3n) is 4.06. The van der Waals surface area contributed by atoms with E-state index < -0.39 is 0 Å². The third kappa shape index (κ3) is 3.97. The molecule has 0 aliphatic heterocycles. The Bertz CT molecular complexity index is 427. The number of nitrogens with one attached hydrogen (secondary N) is 1. The molecule has 1 aromatic rings. The number of hydrogen-bond acceptors (Lipinski definition) is 1. The van der Waals surface area contributed by atoms with Crippen molar-refractivity contribution in [3.8, 4) is 0 Å². The first-order valence-corrected chi connectivity index (χ1v) is 7.70. The second kappa shape index (κ2) is 6.95. The zero-order valence-corrected chi connectivity index (χ0v) is 12.2. The minimum atomic E-state index is 0.0186. The lowest BCUT2D eigenvalue weighted by Crippen LogP contribution is -2.38. The lowest BCUT2D eigenvalue weighted by molar-refractivity contribution is 0.0919. The van der Waals surface area contributed by atoms with Crippen LogP contribution in [-0.4, -0.2) is 11.9 Å². The van der Waals surface area contributed by atoms with Crippen molar-refractivity contribution >= 4 is 17.5 Å². The van der Waals surface area contributed by atoms with Gasteiger partial charge in [0.05, 0.1) is 0 Å². The molecule has 2 nitrogen and oxygen atoms in total. The standard InChI is InChI=1S/C16H22ClNO/c1-12(14-7-3-2-4-8-14)18-16(19)15-9-5-6-13(10-15)11-17/h5-6,9-10,12,14H,2-4,7-8,11H2,1H3,(H,18,19)/t12-/m1/s1. The van der Waals surface area contributed by atoms with Gasteiger partial charge in [-0.2, -0.15) is 0 Å². The molecular formula is C16H22ClNO. The molecule has 19 heavy (non-hydrogen) atoms. The van der Waals surface area contributed by atoms with Crippen LogP contribution in [0.15, 0.2) is 24.3 Å². The van der Waals surface area contributed by atoms with Crippen LogP contribution in [0.5, 0.6) is 0 Å². The van der Waals surface area contributed by atoms with E-state index in [1.165, 1.54) is 32.1 Å². The smallest absolute Gasteiger partial charge is 0.251 e. The molecule has 0 unspecified atom stereocenters. The SMILES string of the molecule is C[C@@H](NC(=O)c1cccc(CCl)c1)C1CCCCC1. The normalized spacial score (nSPS) is 18.0. The van der Waals surface area contributed by atoms with Gasteiger partial charge in [0, 0.05) is 17.5 Å². The molecule has 1 fully saturated rings. The van der Waals surface area contributed by atoms with Gasteiger partial charge in [-0.05, 0) is 43.4 Å². The number of carbonyl (C=O) groups is 1. The molecule has 0 bridgehead atoms. The van der Waals surface area contributed by atoms with Crippen LogP contribution in [0.2, 0.25) is 0 Å². The zero-order valence-electron chi connectivity index (χ0n) is 11.5. The van der Waals surface area contributed by atoms with Crippen molar-refractivity contribution < 1.29 is 4.79 Å². The van der Waals surface area contributed by atoms with Gasteiger partial charge in [0.25, 0.3) is 5.91 Å². The molecule has 1 atom stereocenters. The Balaban J connectivity index is 1.95. The lowest BCUT2D eigenvalue weighted by atomic mass is 9.84. The van der Waals surface area contributed by atoms with Crippen LogP contribution >= 0.6 is 11.6 Å². The molecule has 0 saturated heterocycles.